The van der Waals surface area contributed by atoms with Crippen molar-refractivity contribution >= 4 is 21.6 Å². The van der Waals surface area contributed by atoms with Crippen LogP contribution in [0.1, 0.15) is 6.42 Å². The number of aromatic hydroxyl groups is 1. The number of phenolic OH excluding ortho intramolecular Hbond substituents is 1. The molecule has 1 aromatic rings. The quantitative estimate of drug-likeness (QED) is 0.421. The van der Waals surface area contributed by atoms with Crippen LogP contribution in [-0.2, 0) is 14.8 Å². The average molecular weight is 271 g/mol. The maximum atomic E-state index is 12.0. The van der Waals surface area contributed by atoms with E-state index in [4.69, 9.17) is 5.73 Å². The summed E-state index contributed by atoms with van der Waals surface area (Å²) in [6.45, 7) is 0.269. The lowest BCUT2D eigenvalue weighted by Crippen LogP contribution is -2.36. The number of hydrogen-bond acceptors (Lipinski definition) is 5. The molecule has 0 saturated carbocycles. The van der Waals surface area contributed by atoms with Gasteiger partial charge in [0.25, 0.3) is 0 Å². The van der Waals surface area contributed by atoms with Crippen molar-refractivity contribution < 1.29 is 18.3 Å². The third-order valence-electron chi connectivity index (χ3n) is 2.61. The molecule has 18 heavy (non-hydrogen) atoms. The summed E-state index contributed by atoms with van der Waals surface area (Å²) in [5, 5.41) is 11.8. The third kappa shape index (κ3) is 2.54. The molecule has 1 saturated heterocycles. The Hall–Kier alpha value is -1.80. The van der Waals surface area contributed by atoms with E-state index < -0.39 is 16.1 Å². The summed E-state index contributed by atoms with van der Waals surface area (Å²) < 4.78 is 26.3. The summed E-state index contributed by atoms with van der Waals surface area (Å²) in [5.41, 5.74) is 5.42. The molecule has 2 rings (SSSR count). The standard InChI is InChI=1S/C10H13N3O4S/c11-8-4-7(1-2-9(8)14)18(16,17)13-6-3-10(15)12-5-6/h1-2,4,6,13-14H,3,5,11H2,(H,12,15). The second-order valence-electron chi connectivity index (χ2n) is 4.05. The van der Waals surface area contributed by atoms with Crippen molar-refractivity contribution in [1.29, 1.82) is 0 Å². The number of benzene rings is 1. The van der Waals surface area contributed by atoms with E-state index in [1.165, 1.54) is 18.2 Å². The molecule has 8 heteroatoms. The van der Waals surface area contributed by atoms with E-state index in [9.17, 15) is 18.3 Å². The SMILES string of the molecule is Nc1cc(S(=O)(=O)NC2CNC(=O)C2)ccc1O. The number of phenols is 1. The van der Waals surface area contributed by atoms with Crippen LogP contribution in [0.25, 0.3) is 0 Å². The largest absolute Gasteiger partial charge is 0.506 e. The number of nitrogens with one attached hydrogen (secondary N) is 2. The van der Waals surface area contributed by atoms with Gasteiger partial charge in [-0.1, -0.05) is 0 Å². The molecule has 1 heterocycles. The lowest BCUT2D eigenvalue weighted by atomic mass is 10.3. The minimum Gasteiger partial charge on any atom is -0.506 e. The lowest BCUT2D eigenvalue weighted by molar-refractivity contribution is -0.119. The second-order valence-corrected chi connectivity index (χ2v) is 5.76. The fourth-order valence-electron chi connectivity index (χ4n) is 1.68. The van der Waals surface area contributed by atoms with Gasteiger partial charge in [0.15, 0.2) is 0 Å². The topological polar surface area (TPSA) is 122 Å². The normalized spacial score (nSPS) is 19.8. The maximum absolute atomic E-state index is 12.0. The molecule has 0 radical (unpaired) electrons. The minimum atomic E-state index is -3.74. The van der Waals surface area contributed by atoms with Crippen LogP contribution in [0.4, 0.5) is 5.69 Å². The smallest absolute Gasteiger partial charge is 0.240 e. The molecule has 0 aliphatic carbocycles. The summed E-state index contributed by atoms with van der Waals surface area (Å²) in [6, 6.07) is 3.17. The van der Waals surface area contributed by atoms with Crippen LogP contribution >= 0.6 is 0 Å². The van der Waals surface area contributed by atoms with Gasteiger partial charge in [0.2, 0.25) is 15.9 Å². The Morgan fingerprint density at radius 2 is 2.17 bits per heavy atom. The number of rotatable bonds is 3. The van der Waals surface area contributed by atoms with E-state index in [1.807, 2.05) is 0 Å². The monoisotopic (exact) mass is 271 g/mol. The van der Waals surface area contributed by atoms with Crippen molar-refractivity contribution in [3.05, 3.63) is 18.2 Å². The van der Waals surface area contributed by atoms with Gasteiger partial charge < -0.3 is 16.2 Å². The Morgan fingerprint density at radius 3 is 2.72 bits per heavy atom. The highest BCUT2D eigenvalue weighted by molar-refractivity contribution is 7.89. The first-order valence-corrected chi connectivity index (χ1v) is 6.74. The summed E-state index contributed by atoms with van der Waals surface area (Å²) in [7, 11) is -3.74. The van der Waals surface area contributed by atoms with Crippen molar-refractivity contribution in [2.75, 3.05) is 12.3 Å². The van der Waals surface area contributed by atoms with Crippen LogP contribution in [0.5, 0.6) is 5.75 Å². The average Bonchev–Trinajstić information content (AvgIpc) is 2.67. The number of carbonyl (C=O) groups excluding carboxylic acids is 1. The Bertz CT molecular complexity index is 585. The van der Waals surface area contributed by atoms with Gasteiger partial charge in [0.05, 0.1) is 10.6 Å². The van der Waals surface area contributed by atoms with Crippen LogP contribution in [0.2, 0.25) is 0 Å². The van der Waals surface area contributed by atoms with Gasteiger partial charge in [-0.15, -0.1) is 0 Å². The fraction of sp³-hybridized carbons (Fsp3) is 0.300. The molecule has 1 unspecified atom stereocenters. The first-order valence-electron chi connectivity index (χ1n) is 5.26. The van der Waals surface area contributed by atoms with Crippen molar-refractivity contribution in [1.82, 2.24) is 10.0 Å². The number of nitrogen functional groups attached to an aromatic ring is 1. The molecule has 0 aromatic heterocycles. The molecule has 1 aliphatic rings. The molecule has 1 amide bonds. The highest BCUT2D eigenvalue weighted by Gasteiger charge is 2.27. The maximum Gasteiger partial charge on any atom is 0.240 e. The van der Waals surface area contributed by atoms with Crippen molar-refractivity contribution in [2.24, 2.45) is 0 Å². The van der Waals surface area contributed by atoms with Gasteiger partial charge in [-0.25, -0.2) is 13.1 Å². The number of anilines is 1. The predicted octanol–water partition coefficient (Wildman–Crippen LogP) is -0.859. The molecule has 1 atom stereocenters. The van der Waals surface area contributed by atoms with E-state index in [0.717, 1.165) is 0 Å². The van der Waals surface area contributed by atoms with Gasteiger partial charge in [0, 0.05) is 19.0 Å². The van der Waals surface area contributed by atoms with E-state index in [1.54, 1.807) is 0 Å². The van der Waals surface area contributed by atoms with Crippen molar-refractivity contribution in [3.63, 3.8) is 0 Å². The summed E-state index contributed by atoms with van der Waals surface area (Å²) >= 11 is 0. The number of nitrogens with two attached hydrogens (primary N) is 1. The molecular weight excluding hydrogens is 258 g/mol. The van der Waals surface area contributed by atoms with Crippen molar-refractivity contribution in [3.8, 4) is 5.75 Å². The van der Waals surface area contributed by atoms with Crippen LogP contribution in [0, 0.1) is 0 Å². The van der Waals surface area contributed by atoms with Crippen LogP contribution in [-0.4, -0.2) is 32.0 Å². The first kappa shape index (κ1) is 12.7. The lowest BCUT2D eigenvalue weighted by Gasteiger charge is -2.11. The summed E-state index contributed by atoms with van der Waals surface area (Å²) in [6.07, 6.45) is 0.118. The van der Waals surface area contributed by atoms with E-state index in [-0.39, 0.29) is 35.2 Å². The van der Waals surface area contributed by atoms with Crippen LogP contribution < -0.4 is 15.8 Å². The molecule has 7 nitrogen and oxygen atoms in total. The molecule has 1 fully saturated rings. The molecule has 0 spiro atoms. The highest BCUT2D eigenvalue weighted by Crippen LogP contribution is 2.23. The van der Waals surface area contributed by atoms with Gasteiger partial charge in [-0.2, -0.15) is 0 Å². The predicted molar refractivity (Wildman–Crippen MR) is 64.3 cm³/mol. The number of hydrogen-bond donors (Lipinski definition) is 4. The second kappa shape index (κ2) is 4.46. The number of carbonyl (C=O) groups is 1. The summed E-state index contributed by atoms with van der Waals surface area (Å²) in [4.78, 5) is 10.9. The number of sulfonamides is 1. The Labute approximate surface area is 104 Å². The van der Waals surface area contributed by atoms with Crippen LogP contribution in [0.15, 0.2) is 23.1 Å². The molecule has 98 valence electrons. The van der Waals surface area contributed by atoms with Gasteiger partial charge in [-0.3, -0.25) is 4.79 Å². The first-order chi connectivity index (χ1) is 8.38. The highest BCUT2D eigenvalue weighted by atomic mass is 32.2. The van der Waals surface area contributed by atoms with E-state index >= 15 is 0 Å². The van der Waals surface area contributed by atoms with E-state index in [0.29, 0.717) is 0 Å². The third-order valence-corrected chi connectivity index (χ3v) is 4.13. The molecule has 0 bridgehead atoms. The Kier molecular flexibility index (Phi) is 3.14. The minimum absolute atomic E-state index is 0.0153. The number of amides is 1. The summed E-state index contributed by atoms with van der Waals surface area (Å²) in [5.74, 6) is -0.361. The zero-order valence-corrected chi connectivity index (χ0v) is 10.2. The molecule has 1 aliphatic heterocycles. The molecular formula is C10H13N3O4S. The fourth-order valence-corrected chi connectivity index (χ4v) is 2.95. The van der Waals surface area contributed by atoms with Crippen molar-refractivity contribution in [2.45, 2.75) is 17.4 Å². The molecule has 5 N–H and O–H groups in total. The van der Waals surface area contributed by atoms with Gasteiger partial charge in [0.1, 0.15) is 5.75 Å². The van der Waals surface area contributed by atoms with E-state index in [2.05, 4.69) is 10.0 Å². The zero-order chi connectivity index (χ0) is 13.3. The van der Waals surface area contributed by atoms with Gasteiger partial charge >= 0.3 is 0 Å². The Balaban J connectivity index is 2.20. The van der Waals surface area contributed by atoms with Crippen LogP contribution in [0.3, 0.4) is 0 Å². The molecule has 1 aromatic carbocycles. The Morgan fingerprint density at radius 1 is 1.44 bits per heavy atom. The van der Waals surface area contributed by atoms with Gasteiger partial charge in [-0.05, 0) is 18.2 Å². The zero-order valence-electron chi connectivity index (χ0n) is 9.38.